The molecular weight excluding hydrogens is 344 g/mol. The van der Waals surface area contributed by atoms with E-state index in [1.54, 1.807) is 0 Å². The summed E-state index contributed by atoms with van der Waals surface area (Å²) in [4.78, 5) is 27.3. The number of likely N-dealkylation sites (tertiary alicyclic amines) is 1. The van der Waals surface area contributed by atoms with Crippen LogP contribution in [0.1, 0.15) is 48.9 Å². The molecule has 27 heavy (non-hydrogen) atoms. The number of hydrogen-bond acceptors (Lipinski definition) is 4. The number of hydrogen-bond donors (Lipinski definition) is 1. The number of Topliss-reactive ketones (excluding diaryl/α,β-unsaturated/α-hetero) is 1. The van der Waals surface area contributed by atoms with Gasteiger partial charge in [-0.3, -0.25) is 4.79 Å². The van der Waals surface area contributed by atoms with Gasteiger partial charge >= 0.3 is 6.03 Å². The predicted octanol–water partition coefficient (Wildman–Crippen LogP) is 2.76. The zero-order chi connectivity index (χ0) is 18.4. The molecular formula is C21H26N2O4. The van der Waals surface area contributed by atoms with E-state index in [-0.39, 0.29) is 17.9 Å². The second kappa shape index (κ2) is 6.51. The van der Waals surface area contributed by atoms with Crippen LogP contribution < -0.4 is 10.1 Å². The molecule has 2 amide bonds. The summed E-state index contributed by atoms with van der Waals surface area (Å²) in [6, 6.07) is 7.57. The van der Waals surface area contributed by atoms with E-state index in [9.17, 15) is 9.59 Å². The van der Waals surface area contributed by atoms with Gasteiger partial charge in [-0.1, -0.05) is 12.1 Å². The molecule has 4 unspecified atom stereocenters. The quantitative estimate of drug-likeness (QED) is 0.825. The van der Waals surface area contributed by atoms with Gasteiger partial charge in [-0.25, -0.2) is 4.79 Å². The van der Waals surface area contributed by atoms with Crippen LogP contribution in [0.15, 0.2) is 24.3 Å². The number of ketones is 1. The van der Waals surface area contributed by atoms with Gasteiger partial charge in [0.25, 0.3) is 0 Å². The van der Waals surface area contributed by atoms with Crippen LogP contribution in [-0.2, 0) is 4.74 Å². The average Bonchev–Trinajstić information content (AvgIpc) is 3.30. The van der Waals surface area contributed by atoms with Gasteiger partial charge in [0.05, 0.1) is 24.6 Å². The predicted molar refractivity (Wildman–Crippen MR) is 99.0 cm³/mol. The molecule has 0 aromatic heterocycles. The third kappa shape index (κ3) is 3.00. The van der Waals surface area contributed by atoms with Crippen molar-refractivity contribution >= 4 is 11.8 Å². The van der Waals surface area contributed by atoms with E-state index >= 15 is 0 Å². The lowest BCUT2D eigenvalue weighted by atomic mass is 9.82. The van der Waals surface area contributed by atoms with E-state index in [0.717, 1.165) is 32.3 Å². The fourth-order valence-electron chi connectivity index (χ4n) is 5.29. The molecule has 4 aliphatic rings. The highest BCUT2D eigenvalue weighted by molar-refractivity contribution is 6.00. The van der Waals surface area contributed by atoms with Crippen LogP contribution in [0.25, 0.3) is 0 Å². The molecule has 144 valence electrons. The number of carbonyl (C=O) groups is 2. The molecule has 1 aliphatic carbocycles. The van der Waals surface area contributed by atoms with Gasteiger partial charge in [0.1, 0.15) is 11.4 Å². The van der Waals surface area contributed by atoms with Crippen LogP contribution in [0, 0.1) is 5.92 Å². The lowest BCUT2D eigenvalue weighted by Crippen LogP contribution is -2.51. The summed E-state index contributed by atoms with van der Waals surface area (Å²) < 4.78 is 12.0. The lowest BCUT2D eigenvalue weighted by Gasteiger charge is -2.36. The Hall–Kier alpha value is -2.08. The highest BCUT2D eigenvalue weighted by Gasteiger charge is 2.47. The number of carbonyl (C=O) groups excluding carboxylic acids is 2. The van der Waals surface area contributed by atoms with E-state index in [0.29, 0.717) is 49.3 Å². The van der Waals surface area contributed by atoms with Crippen molar-refractivity contribution in [3.63, 3.8) is 0 Å². The van der Waals surface area contributed by atoms with Crippen molar-refractivity contribution in [2.24, 2.45) is 5.92 Å². The van der Waals surface area contributed by atoms with Gasteiger partial charge < -0.3 is 19.7 Å². The van der Waals surface area contributed by atoms with Crippen LogP contribution in [0.5, 0.6) is 5.75 Å². The highest BCUT2D eigenvalue weighted by atomic mass is 16.5. The van der Waals surface area contributed by atoms with Gasteiger partial charge in [-0.05, 0) is 37.8 Å². The Morgan fingerprint density at radius 3 is 3.04 bits per heavy atom. The Balaban J connectivity index is 1.26. The minimum atomic E-state index is -0.575. The lowest BCUT2D eigenvalue weighted by molar-refractivity contribution is 0.0455. The first kappa shape index (κ1) is 17.0. The van der Waals surface area contributed by atoms with Crippen LogP contribution in [0.3, 0.4) is 0 Å². The average molecular weight is 370 g/mol. The fourth-order valence-corrected chi connectivity index (χ4v) is 5.29. The Morgan fingerprint density at radius 1 is 1.22 bits per heavy atom. The summed E-state index contributed by atoms with van der Waals surface area (Å²) in [5, 5.41) is 3.25. The van der Waals surface area contributed by atoms with Gasteiger partial charge in [0.15, 0.2) is 5.78 Å². The van der Waals surface area contributed by atoms with Crippen molar-refractivity contribution in [1.29, 1.82) is 0 Å². The number of ether oxygens (including phenoxy) is 2. The molecule has 0 radical (unpaired) electrons. The van der Waals surface area contributed by atoms with Crippen molar-refractivity contribution in [3.8, 4) is 5.75 Å². The maximum atomic E-state index is 12.9. The molecule has 1 N–H and O–H groups in total. The van der Waals surface area contributed by atoms with E-state index in [4.69, 9.17) is 9.47 Å². The second-order valence-corrected chi connectivity index (χ2v) is 8.40. The standard InChI is InChI=1S/C21H26N2O4/c24-17-12-21(27-19-6-2-1-4-15(17)19)9-10-23(13-21)20(25)22-16-5-3-7-18-14(16)8-11-26-18/h1-2,4,6,14,16,18H,3,5,7-13H2,(H,22,25). The van der Waals surface area contributed by atoms with Gasteiger partial charge in [-0.2, -0.15) is 0 Å². The fraction of sp³-hybridized carbons (Fsp3) is 0.619. The Kier molecular flexibility index (Phi) is 4.11. The molecule has 1 aromatic carbocycles. The Morgan fingerprint density at radius 2 is 2.11 bits per heavy atom. The van der Waals surface area contributed by atoms with Gasteiger partial charge in [-0.15, -0.1) is 0 Å². The van der Waals surface area contributed by atoms with Crippen LogP contribution >= 0.6 is 0 Å². The molecule has 3 fully saturated rings. The molecule has 1 spiro atoms. The second-order valence-electron chi connectivity index (χ2n) is 8.40. The van der Waals surface area contributed by atoms with Crippen molar-refractivity contribution in [1.82, 2.24) is 10.2 Å². The largest absolute Gasteiger partial charge is 0.484 e. The number of fused-ring (bicyclic) bond motifs is 2. The molecule has 3 heterocycles. The first-order valence-electron chi connectivity index (χ1n) is 10.1. The summed E-state index contributed by atoms with van der Waals surface area (Å²) in [5.41, 5.74) is 0.0782. The number of urea groups is 1. The third-order valence-electron chi connectivity index (χ3n) is 6.69. The summed E-state index contributed by atoms with van der Waals surface area (Å²) >= 11 is 0. The molecule has 4 atom stereocenters. The van der Waals surface area contributed by atoms with Crippen molar-refractivity contribution in [3.05, 3.63) is 29.8 Å². The number of nitrogens with one attached hydrogen (secondary N) is 1. The first-order valence-corrected chi connectivity index (χ1v) is 10.1. The molecule has 3 aliphatic heterocycles. The third-order valence-corrected chi connectivity index (χ3v) is 6.69. The van der Waals surface area contributed by atoms with Crippen LogP contribution in [0.4, 0.5) is 4.79 Å². The molecule has 6 nitrogen and oxygen atoms in total. The normalized spacial score (nSPS) is 34.9. The summed E-state index contributed by atoms with van der Waals surface area (Å²) in [6.45, 7) is 1.90. The van der Waals surface area contributed by atoms with Gasteiger partial charge in [0.2, 0.25) is 0 Å². The van der Waals surface area contributed by atoms with Crippen LogP contribution in [-0.4, -0.2) is 54.2 Å². The summed E-state index contributed by atoms with van der Waals surface area (Å²) in [5.74, 6) is 1.20. The smallest absolute Gasteiger partial charge is 0.317 e. The van der Waals surface area contributed by atoms with E-state index < -0.39 is 5.60 Å². The molecule has 1 saturated carbocycles. The van der Waals surface area contributed by atoms with E-state index in [2.05, 4.69) is 5.32 Å². The van der Waals surface area contributed by atoms with Crippen molar-refractivity contribution in [2.45, 2.75) is 56.3 Å². The molecule has 0 bridgehead atoms. The summed E-state index contributed by atoms with van der Waals surface area (Å²) in [7, 11) is 0. The maximum Gasteiger partial charge on any atom is 0.317 e. The van der Waals surface area contributed by atoms with Crippen LogP contribution in [0.2, 0.25) is 0 Å². The zero-order valence-electron chi connectivity index (χ0n) is 15.5. The number of para-hydroxylation sites is 1. The number of rotatable bonds is 1. The Bertz CT molecular complexity index is 766. The monoisotopic (exact) mass is 370 g/mol. The minimum Gasteiger partial charge on any atom is -0.484 e. The minimum absolute atomic E-state index is 0.0284. The molecule has 2 saturated heterocycles. The SMILES string of the molecule is O=C1CC2(CCN(C(=O)NC3CCCC4OCCC34)C2)Oc2ccccc21. The van der Waals surface area contributed by atoms with Gasteiger partial charge in [0, 0.05) is 31.5 Å². The van der Waals surface area contributed by atoms with Crippen molar-refractivity contribution in [2.75, 3.05) is 19.7 Å². The number of nitrogens with zero attached hydrogens (tertiary/aromatic N) is 1. The van der Waals surface area contributed by atoms with Crippen molar-refractivity contribution < 1.29 is 19.1 Å². The molecule has 1 aromatic rings. The zero-order valence-corrected chi connectivity index (χ0v) is 15.5. The number of amides is 2. The highest BCUT2D eigenvalue weighted by Crippen LogP contribution is 2.39. The maximum absolute atomic E-state index is 12.9. The van der Waals surface area contributed by atoms with E-state index in [1.165, 1.54) is 0 Å². The summed E-state index contributed by atoms with van der Waals surface area (Å²) in [6.07, 6.45) is 5.62. The Labute approximate surface area is 159 Å². The number of benzene rings is 1. The first-order chi connectivity index (χ1) is 13.1. The van der Waals surface area contributed by atoms with E-state index in [1.807, 2.05) is 29.2 Å². The molecule has 6 heteroatoms. The topological polar surface area (TPSA) is 67.9 Å². The molecule has 5 rings (SSSR count).